The van der Waals surface area contributed by atoms with Crippen molar-refractivity contribution in [2.45, 2.75) is 57.2 Å². The number of rotatable bonds is 7. The molecule has 3 fully saturated rings. The zero-order valence-corrected chi connectivity index (χ0v) is 23.3. The Morgan fingerprint density at radius 2 is 2.12 bits per heavy atom. The largest absolute Gasteiger partial charge is 0.619 e. The molecule has 2 unspecified atom stereocenters. The average molecular weight is 559 g/mol. The monoisotopic (exact) mass is 558 g/mol. The van der Waals surface area contributed by atoms with Gasteiger partial charge in [0.05, 0.1) is 17.1 Å². The molecule has 1 aromatic heterocycles. The molecule has 0 aliphatic carbocycles. The van der Waals surface area contributed by atoms with E-state index in [1.807, 2.05) is 12.1 Å². The minimum absolute atomic E-state index is 0. The molecule has 2 bridgehead atoms. The number of aromatic nitrogens is 2. The molecule has 0 amide bonds. The smallest absolute Gasteiger partial charge is 0.235 e. The molecular formula is C23H30ClN8OY-. The molecule has 1 radical (unpaired) electrons. The predicted molar refractivity (Wildman–Crippen MR) is 129 cm³/mol. The summed E-state index contributed by atoms with van der Waals surface area (Å²) in [6.07, 6.45) is 6.89. The Kier molecular flexibility index (Phi) is 8.09. The van der Waals surface area contributed by atoms with Crippen molar-refractivity contribution in [3.05, 3.63) is 46.0 Å². The molecule has 3 atom stereocenters. The van der Waals surface area contributed by atoms with Gasteiger partial charge in [0, 0.05) is 45.3 Å². The number of nitrogens with two attached hydrogens (primary N) is 1. The van der Waals surface area contributed by atoms with Gasteiger partial charge in [0.15, 0.2) is 0 Å². The number of piperidine rings is 1. The summed E-state index contributed by atoms with van der Waals surface area (Å²) in [6, 6.07) is 5.90. The van der Waals surface area contributed by atoms with Crippen molar-refractivity contribution in [2.75, 3.05) is 20.1 Å². The van der Waals surface area contributed by atoms with Crippen molar-refractivity contribution in [1.29, 1.82) is 0 Å². The molecule has 3 aliphatic heterocycles. The van der Waals surface area contributed by atoms with Crippen molar-refractivity contribution >= 4 is 29.5 Å². The number of nitrogens with zero attached hydrogens (tertiary/aromatic N) is 7. The summed E-state index contributed by atoms with van der Waals surface area (Å²) in [5, 5.41) is 11.6. The fourth-order valence-corrected chi connectivity index (χ4v) is 5.68. The van der Waals surface area contributed by atoms with Crippen LogP contribution in [0.25, 0.3) is 5.43 Å². The third-order valence-electron chi connectivity index (χ3n) is 6.90. The van der Waals surface area contributed by atoms with Crippen LogP contribution in [-0.4, -0.2) is 58.5 Å². The zero-order chi connectivity index (χ0) is 23.0. The Labute approximate surface area is 230 Å². The van der Waals surface area contributed by atoms with Crippen molar-refractivity contribution in [2.24, 2.45) is 21.6 Å². The van der Waals surface area contributed by atoms with Crippen molar-refractivity contribution in [3.63, 3.8) is 0 Å². The predicted octanol–water partition coefficient (Wildman–Crippen LogP) is 4.00. The van der Waals surface area contributed by atoms with Crippen molar-refractivity contribution in [3.8, 4) is 0 Å². The molecule has 179 valence electrons. The molecule has 0 spiro atoms. The van der Waals surface area contributed by atoms with E-state index in [9.17, 15) is 0 Å². The van der Waals surface area contributed by atoms with Gasteiger partial charge in [-0.2, -0.15) is 0 Å². The first-order chi connectivity index (χ1) is 16.0. The maximum atomic E-state index is 6.37. The number of fused-ring (bicyclic) bond motifs is 2. The number of halogens is 1. The molecule has 4 heterocycles. The summed E-state index contributed by atoms with van der Waals surface area (Å²) in [7, 11) is 1.64. The SMILES string of the molecule is CN=CN=C(N)c1cc([N-]N2C3C[C@H](C)CC2(c2nnc(CN4CCCC4)o2)C3)ccc1Cl.[Y]. The van der Waals surface area contributed by atoms with Gasteiger partial charge in [-0.05, 0) is 63.2 Å². The Bertz CT molecular complexity index is 1070. The van der Waals surface area contributed by atoms with E-state index in [1.165, 1.54) is 19.2 Å². The number of likely N-dealkylation sites (tertiary alicyclic amines) is 1. The fourth-order valence-electron chi connectivity index (χ4n) is 5.46. The standard InChI is InChI=1S/C23H30ClN8O.Y/c1-15-9-17-12-23(11-15,22-29-28-20(33-22)13-31-7-3-4-8-31)32(17)30-16-5-6-19(24)18(10-16)21(25)27-14-26-2;/h5-6,10,14-15,17H,3-4,7-9,11-13H2,1-2H3,(H2,25,26,27);/q-1;/t15-,17?,23?;/m0./s1. The summed E-state index contributed by atoms with van der Waals surface area (Å²) in [6.45, 7) is 5.20. The van der Waals surface area contributed by atoms with E-state index in [4.69, 9.17) is 27.2 Å². The molecule has 3 saturated heterocycles. The van der Waals surface area contributed by atoms with Crippen LogP contribution in [0.1, 0.15) is 56.4 Å². The van der Waals surface area contributed by atoms with Gasteiger partial charge in [-0.1, -0.05) is 30.7 Å². The number of hydrogen-bond acceptors (Lipinski definition) is 6. The number of benzene rings is 1. The Hall–Kier alpha value is -1.39. The third kappa shape index (κ3) is 4.95. The number of amidine groups is 1. The van der Waals surface area contributed by atoms with Crippen LogP contribution in [0, 0.1) is 5.92 Å². The van der Waals surface area contributed by atoms with Crippen LogP contribution in [0.2, 0.25) is 5.02 Å². The average Bonchev–Trinajstić information content (AvgIpc) is 3.49. The first-order valence-electron chi connectivity index (χ1n) is 11.6. The van der Waals surface area contributed by atoms with E-state index in [0.29, 0.717) is 40.2 Å². The van der Waals surface area contributed by atoms with E-state index in [2.05, 4.69) is 37.0 Å². The second-order valence-corrected chi connectivity index (χ2v) is 9.82. The molecule has 3 aliphatic rings. The summed E-state index contributed by atoms with van der Waals surface area (Å²) in [5.41, 5.74) is 12.2. The van der Waals surface area contributed by atoms with Crippen LogP contribution < -0.4 is 5.73 Å². The van der Waals surface area contributed by atoms with Crippen LogP contribution >= 0.6 is 11.6 Å². The molecule has 0 saturated carbocycles. The summed E-state index contributed by atoms with van der Waals surface area (Å²) in [5.74, 6) is 2.25. The Balaban J connectivity index is 0.00000274. The van der Waals surface area contributed by atoms with Gasteiger partial charge in [-0.25, -0.2) is 4.99 Å². The minimum Gasteiger partial charge on any atom is -0.619 e. The quantitative estimate of drug-likeness (QED) is 0.406. The van der Waals surface area contributed by atoms with E-state index in [-0.39, 0.29) is 38.2 Å². The molecular weight excluding hydrogens is 529 g/mol. The minimum atomic E-state index is -0.354. The summed E-state index contributed by atoms with van der Waals surface area (Å²) < 4.78 is 6.23. The van der Waals surface area contributed by atoms with Gasteiger partial charge in [-0.15, -0.1) is 15.9 Å². The maximum Gasteiger partial charge on any atom is 0.235 e. The van der Waals surface area contributed by atoms with E-state index in [1.54, 1.807) is 13.1 Å². The molecule has 2 N–H and O–H groups in total. The molecule has 11 heteroatoms. The Morgan fingerprint density at radius 1 is 1.32 bits per heavy atom. The van der Waals surface area contributed by atoms with Gasteiger partial charge < -0.3 is 20.6 Å². The molecule has 2 aromatic rings. The van der Waals surface area contributed by atoms with Gasteiger partial charge in [0.1, 0.15) is 12.2 Å². The summed E-state index contributed by atoms with van der Waals surface area (Å²) in [4.78, 5) is 10.3. The summed E-state index contributed by atoms with van der Waals surface area (Å²) >= 11 is 6.37. The van der Waals surface area contributed by atoms with Crippen molar-refractivity contribution < 1.29 is 37.1 Å². The third-order valence-corrected chi connectivity index (χ3v) is 7.23. The van der Waals surface area contributed by atoms with E-state index < -0.39 is 0 Å². The maximum absolute atomic E-state index is 6.37. The molecule has 9 nitrogen and oxygen atoms in total. The van der Waals surface area contributed by atoms with Crippen LogP contribution in [0.3, 0.4) is 0 Å². The van der Waals surface area contributed by atoms with Crippen LogP contribution in [0.15, 0.2) is 32.6 Å². The van der Waals surface area contributed by atoms with Crippen LogP contribution in [0.4, 0.5) is 5.69 Å². The first-order valence-corrected chi connectivity index (χ1v) is 12.0. The van der Waals surface area contributed by atoms with E-state index >= 15 is 0 Å². The first kappa shape index (κ1) is 25.7. The molecule has 34 heavy (non-hydrogen) atoms. The zero-order valence-electron chi connectivity index (χ0n) is 19.7. The Morgan fingerprint density at radius 3 is 2.88 bits per heavy atom. The van der Waals surface area contributed by atoms with Crippen molar-refractivity contribution in [1.82, 2.24) is 20.1 Å². The number of aliphatic imine (C=N–C) groups is 2. The molecule has 1 aromatic carbocycles. The second kappa shape index (κ2) is 10.7. The van der Waals surface area contributed by atoms with Gasteiger partial charge in [0.25, 0.3) is 0 Å². The fraction of sp³-hybridized carbons (Fsp3) is 0.565. The van der Waals surface area contributed by atoms with Crippen LogP contribution in [-0.2, 0) is 44.8 Å². The van der Waals surface area contributed by atoms with Gasteiger partial charge >= 0.3 is 0 Å². The topological polar surface area (TPSA) is 110 Å². The normalized spacial score (nSPS) is 27.6. The molecule has 5 rings (SSSR count). The van der Waals surface area contributed by atoms with E-state index in [0.717, 1.165) is 44.6 Å². The number of hydrogen-bond donors (Lipinski definition) is 1. The van der Waals surface area contributed by atoms with Gasteiger partial charge in [-0.3, -0.25) is 9.89 Å². The van der Waals surface area contributed by atoms with Crippen LogP contribution in [0.5, 0.6) is 0 Å². The second-order valence-electron chi connectivity index (χ2n) is 9.42. The van der Waals surface area contributed by atoms with Gasteiger partial charge in [0.2, 0.25) is 11.8 Å².